The number of carbonyl (C=O) groups is 2. The zero-order valence-corrected chi connectivity index (χ0v) is 11.8. The molecule has 0 aliphatic carbocycles. The van der Waals surface area contributed by atoms with Crippen molar-refractivity contribution in [2.24, 2.45) is 0 Å². The zero-order chi connectivity index (χ0) is 15.0. The number of hydrazine groups is 1. The fraction of sp³-hybridized carbons (Fsp3) is 0.333. The van der Waals surface area contributed by atoms with Gasteiger partial charge in [-0.1, -0.05) is 24.3 Å². The summed E-state index contributed by atoms with van der Waals surface area (Å²) in [6.45, 7) is 7.27. The maximum Gasteiger partial charge on any atom is 0.328 e. The molecule has 1 aromatic rings. The third kappa shape index (κ3) is 4.20. The molecule has 0 spiro atoms. The van der Waals surface area contributed by atoms with Gasteiger partial charge in [0, 0.05) is 5.56 Å². The topological polar surface area (TPSA) is 67.4 Å². The summed E-state index contributed by atoms with van der Waals surface area (Å²) in [7, 11) is 0. The van der Waals surface area contributed by atoms with Crippen molar-refractivity contribution in [1.82, 2.24) is 10.9 Å². The highest BCUT2D eigenvalue weighted by Crippen LogP contribution is 2.12. The predicted molar refractivity (Wildman–Crippen MR) is 76.9 cm³/mol. The number of amides is 1. The lowest BCUT2D eigenvalue weighted by Crippen LogP contribution is -2.57. The van der Waals surface area contributed by atoms with Crippen LogP contribution in [0.1, 0.15) is 30.6 Å². The van der Waals surface area contributed by atoms with Crippen molar-refractivity contribution in [2.45, 2.75) is 25.8 Å². The molecule has 0 fully saturated rings. The van der Waals surface area contributed by atoms with Crippen molar-refractivity contribution in [2.75, 3.05) is 6.61 Å². The van der Waals surface area contributed by atoms with Gasteiger partial charge >= 0.3 is 5.97 Å². The zero-order valence-electron chi connectivity index (χ0n) is 11.8. The average molecular weight is 276 g/mol. The predicted octanol–water partition coefficient (Wildman–Crippen LogP) is 1.82. The SMILES string of the molecule is C=CCC(C)(NNC(=O)c1ccccc1)C(=O)OCC. The molecule has 2 N–H and O–H groups in total. The normalized spacial score (nSPS) is 13.1. The average Bonchev–Trinajstić information content (AvgIpc) is 2.46. The van der Waals surface area contributed by atoms with Crippen LogP contribution in [0, 0.1) is 0 Å². The third-order valence-corrected chi connectivity index (χ3v) is 2.77. The molecule has 1 unspecified atom stereocenters. The smallest absolute Gasteiger partial charge is 0.328 e. The highest BCUT2D eigenvalue weighted by atomic mass is 16.5. The number of esters is 1. The largest absolute Gasteiger partial charge is 0.465 e. The first-order valence-corrected chi connectivity index (χ1v) is 6.44. The number of hydrogen-bond acceptors (Lipinski definition) is 4. The van der Waals surface area contributed by atoms with Crippen LogP contribution < -0.4 is 10.9 Å². The van der Waals surface area contributed by atoms with Crippen molar-refractivity contribution < 1.29 is 14.3 Å². The second-order valence-corrected chi connectivity index (χ2v) is 4.49. The first-order valence-electron chi connectivity index (χ1n) is 6.44. The Kier molecular flexibility index (Phi) is 5.93. The minimum atomic E-state index is -1.04. The van der Waals surface area contributed by atoms with Gasteiger partial charge in [0.25, 0.3) is 5.91 Å². The molecule has 0 saturated heterocycles. The Bertz CT molecular complexity index is 473. The molecule has 1 aromatic carbocycles. The number of nitrogens with one attached hydrogen (secondary N) is 2. The molecular formula is C15H20N2O3. The number of benzene rings is 1. The Morgan fingerprint density at radius 3 is 2.55 bits per heavy atom. The van der Waals surface area contributed by atoms with E-state index in [0.29, 0.717) is 12.0 Å². The summed E-state index contributed by atoms with van der Waals surface area (Å²) in [5, 5.41) is 0. The second-order valence-electron chi connectivity index (χ2n) is 4.49. The van der Waals surface area contributed by atoms with Crippen molar-refractivity contribution in [1.29, 1.82) is 0 Å². The monoisotopic (exact) mass is 276 g/mol. The van der Waals surface area contributed by atoms with E-state index in [2.05, 4.69) is 17.4 Å². The van der Waals surface area contributed by atoms with Crippen LogP contribution in [0.2, 0.25) is 0 Å². The molecule has 1 amide bonds. The fourth-order valence-corrected chi connectivity index (χ4v) is 1.62. The summed E-state index contributed by atoms with van der Waals surface area (Å²) in [4.78, 5) is 23.8. The van der Waals surface area contributed by atoms with Crippen LogP contribution in [0.15, 0.2) is 43.0 Å². The van der Waals surface area contributed by atoms with Gasteiger partial charge in [0.15, 0.2) is 0 Å². The van der Waals surface area contributed by atoms with Crippen LogP contribution >= 0.6 is 0 Å². The van der Waals surface area contributed by atoms with Crippen molar-refractivity contribution in [3.63, 3.8) is 0 Å². The van der Waals surface area contributed by atoms with E-state index in [0.717, 1.165) is 0 Å². The molecule has 1 atom stereocenters. The lowest BCUT2D eigenvalue weighted by atomic mass is 9.99. The summed E-state index contributed by atoms with van der Waals surface area (Å²) >= 11 is 0. The van der Waals surface area contributed by atoms with Gasteiger partial charge in [0.2, 0.25) is 0 Å². The molecule has 0 heterocycles. The number of rotatable bonds is 7. The van der Waals surface area contributed by atoms with Crippen LogP contribution in [0.4, 0.5) is 0 Å². The maximum atomic E-state index is 11.9. The van der Waals surface area contributed by atoms with Gasteiger partial charge in [-0.2, -0.15) is 0 Å². The summed E-state index contributed by atoms with van der Waals surface area (Å²) < 4.78 is 5.00. The van der Waals surface area contributed by atoms with E-state index in [9.17, 15) is 9.59 Å². The lowest BCUT2D eigenvalue weighted by molar-refractivity contribution is -0.150. The van der Waals surface area contributed by atoms with E-state index in [1.54, 1.807) is 44.2 Å². The minimum absolute atomic E-state index is 0.278. The summed E-state index contributed by atoms with van der Waals surface area (Å²) in [5.41, 5.74) is 4.73. The van der Waals surface area contributed by atoms with Gasteiger partial charge in [-0.05, 0) is 32.4 Å². The van der Waals surface area contributed by atoms with Crippen LogP contribution in [-0.4, -0.2) is 24.0 Å². The van der Waals surface area contributed by atoms with Gasteiger partial charge in [-0.15, -0.1) is 6.58 Å². The fourth-order valence-electron chi connectivity index (χ4n) is 1.62. The maximum absolute atomic E-state index is 11.9. The highest BCUT2D eigenvalue weighted by Gasteiger charge is 2.33. The highest BCUT2D eigenvalue weighted by molar-refractivity contribution is 5.94. The lowest BCUT2D eigenvalue weighted by Gasteiger charge is -2.27. The minimum Gasteiger partial charge on any atom is -0.465 e. The number of carbonyl (C=O) groups excluding carboxylic acids is 2. The second kappa shape index (κ2) is 7.45. The molecule has 1 rings (SSSR count). The van der Waals surface area contributed by atoms with E-state index in [4.69, 9.17) is 4.74 Å². The number of hydrogen-bond donors (Lipinski definition) is 2. The Morgan fingerprint density at radius 2 is 2.00 bits per heavy atom. The first kappa shape index (κ1) is 15.9. The van der Waals surface area contributed by atoms with Gasteiger partial charge in [0.05, 0.1) is 6.61 Å². The Labute approximate surface area is 119 Å². The van der Waals surface area contributed by atoms with Crippen LogP contribution in [0.5, 0.6) is 0 Å². The van der Waals surface area contributed by atoms with E-state index < -0.39 is 11.5 Å². The van der Waals surface area contributed by atoms with E-state index in [1.165, 1.54) is 0 Å². The standard InChI is InChI=1S/C15H20N2O3/c1-4-11-15(3,14(19)20-5-2)17-16-13(18)12-9-7-6-8-10-12/h4,6-10,17H,1,5,11H2,2-3H3,(H,16,18). The van der Waals surface area contributed by atoms with Gasteiger partial charge in [-0.25, -0.2) is 10.2 Å². The summed E-state index contributed by atoms with van der Waals surface area (Å²) in [6, 6.07) is 8.73. The molecule has 5 nitrogen and oxygen atoms in total. The number of ether oxygens (including phenoxy) is 1. The molecule has 0 bridgehead atoms. The van der Waals surface area contributed by atoms with Crippen LogP contribution in [0.3, 0.4) is 0 Å². The summed E-state index contributed by atoms with van der Waals surface area (Å²) in [6.07, 6.45) is 1.93. The molecule has 5 heteroatoms. The van der Waals surface area contributed by atoms with Gasteiger partial charge in [-0.3, -0.25) is 10.2 Å². The first-order chi connectivity index (χ1) is 9.53. The molecule has 0 aliphatic heterocycles. The third-order valence-electron chi connectivity index (χ3n) is 2.77. The van der Waals surface area contributed by atoms with Crippen LogP contribution in [-0.2, 0) is 9.53 Å². The molecule has 0 aromatic heterocycles. The van der Waals surface area contributed by atoms with Crippen molar-refractivity contribution in [3.05, 3.63) is 48.6 Å². The molecule has 20 heavy (non-hydrogen) atoms. The molecular weight excluding hydrogens is 256 g/mol. The quantitative estimate of drug-likeness (QED) is 0.453. The van der Waals surface area contributed by atoms with Crippen molar-refractivity contribution in [3.8, 4) is 0 Å². The van der Waals surface area contributed by atoms with Crippen molar-refractivity contribution >= 4 is 11.9 Å². The summed E-state index contributed by atoms with van der Waals surface area (Å²) in [5.74, 6) is -0.751. The molecule has 0 aliphatic rings. The van der Waals surface area contributed by atoms with Gasteiger partial charge < -0.3 is 4.74 Å². The molecule has 108 valence electrons. The van der Waals surface area contributed by atoms with Crippen LogP contribution in [0.25, 0.3) is 0 Å². The van der Waals surface area contributed by atoms with Gasteiger partial charge in [0.1, 0.15) is 5.54 Å². The molecule has 0 saturated carbocycles. The van der Waals surface area contributed by atoms with E-state index in [1.807, 2.05) is 6.07 Å². The van der Waals surface area contributed by atoms with E-state index >= 15 is 0 Å². The Balaban J connectivity index is 2.70. The van der Waals surface area contributed by atoms with E-state index in [-0.39, 0.29) is 12.5 Å². The Hall–Kier alpha value is -2.14. The molecule has 0 radical (unpaired) electrons. The Morgan fingerprint density at radius 1 is 1.35 bits per heavy atom.